The van der Waals surface area contributed by atoms with Crippen LogP contribution in [0.2, 0.25) is 0 Å². The maximum absolute atomic E-state index is 8.88. The van der Waals surface area contributed by atoms with E-state index < -0.39 is 7.26 Å². The van der Waals surface area contributed by atoms with E-state index in [0.29, 0.717) is 6.61 Å². The second kappa shape index (κ2) is 15.4. The van der Waals surface area contributed by atoms with E-state index in [4.69, 9.17) is 5.11 Å². The Kier molecular flexibility index (Phi) is 12.9. The number of benzene rings is 3. The molecule has 3 heteroatoms. The van der Waals surface area contributed by atoms with E-state index in [1.54, 1.807) is 0 Å². The van der Waals surface area contributed by atoms with Gasteiger partial charge in [-0.2, -0.15) is 0 Å². The van der Waals surface area contributed by atoms with Gasteiger partial charge >= 0.3 is 0 Å². The summed E-state index contributed by atoms with van der Waals surface area (Å²) < 4.78 is 0. The van der Waals surface area contributed by atoms with Crippen molar-refractivity contribution in [3.63, 3.8) is 0 Å². The average Bonchev–Trinajstić information content (AvgIpc) is 2.84. The van der Waals surface area contributed by atoms with Crippen molar-refractivity contribution in [2.75, 3.05) is 12.8 Å². The fraction of sp³-hybridized carbons (Fsp3) is 0.379. The van der Waals surface area contributed by atoms with Gasteiger partial charge in [0.2, 0.25) is 0 Å². The molecular weight excluding hydrogens is 475 g/mol. The van der Waals surface area contributed by atoms with Crippen LogP contribution in [0.3, 0.4) is 0 Å². The molecule has 3 rings (SSSR count). The molecule has 172 valence electrons. The van der Waals surface area contributed by atoms with E-state index in [-0.39, 0.29) is 17.0 Å². The van der Waals surface area contributed by atoms with Crippen molar-refractivity contribution in [2.24, 2.45) is 0 Å². The van der Waals surface area contributed by atoms with Crippen LogP contribution in [0.25, 0.3) is 0 Å². The van der Waals surface area contributed by atoms with Crippen molar-refractivity contribution in [1.82, 2.24) is 0 Å². The molecule has 0 fully saturated rings. The largest absolute Gasteiger partial charge is 1.00 e. The fourth-order valence-corrected chi connectivity index (χ4v) is 8.99. The Balaban J connectivity index is 0.00000363. The highest BCUT2D eigenvalue weighted by Crippen LogP contribution is 2.55. The molecule has 0 unspecified atom stereocenters. The minimum absolute atomic E-state index is 0. The quantitative estimate of drug-likeness (QED) is 0.259. The summed E-state index contributed by atoms with van der Waals surface area (Å²) in [7, 11) is -1.65. The van der Waals surface area contributed by atoms with E-state index >= 15 is 0 Å². The van der Waals surface area contributed by atoms with Crippen molar-refractivity contribution >= 4 is 23.2 Å². The Morgan fingerprint density at radius 2 is 0.750 bits per heavy atom. The van der Waals surface area contributed by atoms with Crippen LogP contribution in [0.5, 0.6) is 0 Å². The van der Waals surface area contributed by atoms with Crippen LogP contribution >= 0.6 is 7.26 Å². The number of halogens is 1. The van der Waals surface area contributed by atoms with Crippen molar-refractivity contribution < 1.29 is 22.1 Å². The summed E-state index contributed by atoms with van der Waals surface area (Å²) in [6.45, 7) is 0.342. The lowest BCUT2D eigenvalue weighted by molar-refractivity contribution is -0.00000735. The average molecular weight is 514 g/mol. The molecule has 0 spiro atoms. The molecule has 0 heterocycles. The van der Waals surface area contributed by atoms with Crippen LogP contribution < -0.4 is 32.9 Å². The second-order valence-electron chi connectivity index (χ2n) is 8.45. The minimum Gasteiger partial charge on any atom is -1.00 e. The van der Waals surface area contributed by atoms with Gasteiger partial charge in [-0.1, -0.05) is 93.1 Å². The van der Waals surface area contributed by atoms with Crippen LogP contribution in [0.4, 0.5) is 0 Å². The van der Waals surface area contributed by atoms with E-state index in [2.05, 4.69) is 91.0 Å². The topological polar surface area (TPSA) is 20.2 Å². The molecular formula is C29H38BrOP. The summed E-state index contributed by atoms with van der Waals surface area (Å²) in [5.74, 6) is 0. The molecule has 0 aliphatic carbocycles. The van der Waals surface area contributed by atoms with Crippen molar-refractivity contribution in [3.8, 4) is 0 Å². The summed E-state index contributed by atoms with van der Waals surface area (Å²) in [5.41, 5.74) is 0. The lowest BCUT2D eigenvalue weighted by Gasteiger charge is -2.27. The third-order valence-electron chi connectivity index (χ3n) is 6.24. The van der Waals surface area contributed by atoms with Crippen LogP contribution in [-0.4, -0.2) is 17.9 Å². The summed E-state index contributed by atoms with van der Waals surface area (Å²) in [6.07, 6.45) is 12.6. The lowest BCUT2D eigenvalue weighted by atomic mass is 10.1. The third-order valence-corrected chi connectivity index (χ3v) is 10.8. The van der Waals surface area contributed by atoms with Crippen LogP contribution in [0, 0.1) is 0 Å². The summed E-state index contributed by atoms with van der Waals surface area (Å²) in [4.78, 5) is 0. The Labute approximate surface area is 206 Å². The van der Waals surface area contributed by atoms with Gasteiger partial charge in [0, 0.05) is 6.61 Å². The van der Waals surface area contributed by atoms with Gasteiger partial charge in [0.25, 0.3) is 0 Å². The predicted molar refractivity (Wildman–Crippen MR) is 139 cm³/mol. The molecule has 3 aromatic carbocycles. The molecule has 0 aliphatic heterocycles. The number of aliphatic hydroxyl groups is 1. The molecule has 0 bridgehead atoms. The third kappa shape index (κ3) is 7.55. The Morgan fingerprint density at radius 1 is 0.438 bits per heavy atom. The van der Waals surface area contributed by atoms with Gasteiger partial charge in [-0.25, -0.2) is 0 Å². The van der Waals surface area contributed by atoms with E-state index in [0.717, 1.165) is 6.42 Å². The highest BCUT2D eigenvalue weighted by molar-refractivity contribution is 7.95. The van der Waals surface area contributed by atoms with Gasteiger partial charge in [0.1, 0.15) is 23.2 Å². The molecule has 32 heavy (non-hydrogen) atoms. The number of aliphatic hydroxyl groups excluding tert-OH is 1. The molecule has 0 amide bonds. The molecule has 3 aromatic rings. The smallest absolute Gasteiger partial charge is 0.112 e. The monoisotopic (exact) mass is 512 g/mol. The maximum atomic E-state index is 8.88. The van der Waals surface area contributed by atoms with Crippen molar-refractivity contribution in [1.29, 1.82) is 0 Å². The Bertz CT molecular complexity index is 742. The van der Waals surface area contributed by atoms with Gasteiger partial charge in [0.15, 0.2) is 0 Å². The molecule has 0 saturated heterocycles. The number of unbranched alkanes of at least 4 members (excludes halogenated alkanes) is 8. The normalized spacial score (nSPS) is 11.2. The van der Waals surface area contributed by atoms with Gasteiger partial charge in [-0.15, -0.1) is 0 Å². The zero-order valence-corrected chi connectivity index (χ0v) is 21.7. The van der Waals surface area contributed by atoms with Crippen LogP contribution in [-0.2, 0) is 0 Å². The van der Waals surface area contributed by atoms with Crippen molar-refractivity contribution in [3.05, 3.63) is 91.0 Å². The minimum atomic E-state index is -1.65. The predicted octanol–water partition coefficient (Wildman–Crippen LogP) is 3.49. The number of hydrogen-bond acceptors (Lipinski definition) is 1. The fourth-order valence-electron chi connectivity index (χ4n) is 4.58. The summed E-state index contributed by atoms with van der Waals surface area (Å²) in [5, 5.41) is 13.4. The first-order valence-electron chi connectivity index (χ1n) is 12.0. The Morgan fingerprint density at radius 3 is 1.09 bits per heavy atom. The molecule has 0 aliphatic rings. The number of rotatable bonds is 14. The maximum Gasteiger partial charge on any atom is 0.112 e. The highest BCUT2D eigenvalue weighted by atomic mass is 79.9. The summed E-state index contributed by atoms with van der Waals surface area (Å²) in [6, 6.07) is 33.7. The van der Waals surface area contributed by atoms with E-state index in [9.17, 15) is 0 Å². The lowest BCUT2D eigenvalue weighted by Crippen LogP contribution is -3.00. The van der Waals surface area contributed by atoms with Crippen LogP contribution in [0.15, 0.2) is 91.0 Å². The van der Waals surface area contributed by atoms with E-state index in [1.807, 2.05) is 0 Å². The summed E-state index contributed by atoms with van der Waals surface area (Å²) >= 11 is 0. The van der Waals surface area contributed by atoms with E-state index in [1.165, 1.54) is 73.4 Å². The molecule has 0 aromatic heterocycles. The number of hydrogen-bond donors (Lipinski definition) is 1. The SMILES string of the molecule is OCCCCCCCCCCC[P+](c1ccccc1)(c1ccccc1)c1ccccc1.[Br-]. The molecule has 0 saturated carbocycles. The standard InChI is InChI=1S/C29H38OP.BrH/c30-25-17-6-4-2-1-3-5-7-18-26-31(27-19-11-8-12-20-27,28-21-13-9-14-22-28)29-23-15-10-16-24-29;/h8-16,19-24,30H,1-7,17-18,25-26H2;1H/q+1;/p-1. The molecule has 0 atom stereocenters. The van der Waals surface area contributed by atoms with Gasteiger partial charge in [-0.05, 0) is 55.7 Å². The first-order chi connectivity index (χ1) is 15.4. The Hall–Kier alpha value is -1.47. The zero-order valence-electron chi connectivity index (χ0n) is 19.2. The van der Waals surface area contributed by atoms with Gasteiger partial charge in [0.05, 0.1) is 6.16 Å². The van der Waals surface area contributed by atoms with Crippen molar-refractivity contribution in [2.45, 2.75) is 57.8 Å². The van der Waals surface area contributed by atoms with Crippen LogP contribution in [0.1, 0.15) is 57.8 Å². The zero-order chi connectivity index (χ0) is 21.6. The second-order valence-corrected chi connectivity index (χ2v) is 12.1. The van der Waals surface area contributed by atoms with Gasteiger partial charge < -0.3 is 22.1 Å². The van der Waals surface area contributed by atoms with Gasteiger partial charge in [-0.3, -0.25) is 0 Å². The first-order valence-corrected chi connectivity index (χ1v) is 14.0. The highest BCUT2D eigenvalue weighted by Gasteiger charge is 2.44. The molecule has 0 radical (unpaired) electrons. The molecule has 1 N–H and O–H groups in total. The molecule has 1 nitrogen and oxygen atoms in total. The first kappa shape index (κ1) is 26.8.